The molecule has 12 heavy (non-hydrogen) atoms. The van der Waals surface area contributed by atoms with Gasteiger partial charge in [0.2, 0.25) is 5.13 Å². The van der Waals surface area contributed by atoms with E-state index in [2.05, 4.69) is 32.0 Å². The van der Waals surface area contributed by atoms with Crippen LogP contribution in [0.2, 0.25) is 0 Å². The summed E-state index contributed by atoms with van der Waals surface area (Å²) in [6.07, 6.45) is 5.27. The van der Waals surface area contributed by atoms with E-state index in [1.807, 2.05) is 18.9 Å². The van der Waals surface area contributed by atoms with Crippen LogP contribution in [0.1, 0.15) is 6.92 Å². The lowest BCUT2D eigenvalue weighted by Gasteiger charge is -2.17. The Hall–Kier alpha value is -0.600. The minimum Gasteiger partial charge on any atom is -0.336 e. The van der Waals surface area contributed by atoms with Crippen LogP contribution >= 0.6 is 27.3 Å². The van der Waals surface area contributed by atoms with Crippen molar-refractivity contribution < 1.29 is 0 Å². The van der Waals surface area contributed by atoms with Crippen LogP contribution in [-0.4, -0.2) is 23.3 Å². The van der Waals surface area contributed by atoms with E-state index < -0.39 is 0 Å². The van der Waals surface area contributed by atoms with Crippen LogP contribution in [0, 0.1) is 12.3 Å². The lowest BCUT2D eigenvalue weighted by molar-refractivity contribution is 0.830. The zero-order valence-electron chi connectivity index (χ0n) is 6.78. The maximum absolute atomic E-state index is 5.27. The van der Waals surface area contributed by atoms with E-state index in [0.717, 1.165) is 9.05 Å². The Kier molecular flexibility index (Phi) is 3.06. The van der Waals surface area contributed by atoms with Gasteiger partial charge in [0.1, 0.15) is 0 Å². The summed E-state index contributed by atoms with van der Waals surface area (Å²) in [4.78, 5) is 1.91. The van der Waals surface area contributed by atoms with Gasteiger partial charge < -0.3 is 4.90 Å². The number of nitrogens with zero attached hydrogens (tertiary/aromatic N) is 3. The van der Waals surface area contributed by atoms with Crippen molar-refractivity contribution in [2.24, 2.45) is 0 Å². The Morgan fingerprint density at radius 1 is 1.67 bits per heavy atom. The van der Waals surface area contributed by atoms with E-state index in [1.54, 1.807) is 0 Å². The first-order valence-electron chi connectivity index (χ1n) is 3.33. The summed E-state index contributed by atoms with van der Waals surface area (Å²) in [5.41, 5.74) is 0. The molecule has 0 radical (unpaired) electrons. The van der Waals surface area contributed by atoms with Gasteiger partial charge in [-0.2, -0.15) is 0 Å². The SMILES string of the molecule is C#CC(C)N(C)c1nnc(Br)s1. The molecule has 0 fully saturated rings. The number of rotatable bonds is 2. The second kappa shape index (κ2) is 3.87. The van der Waals surface area contributed by atoms with Gasteiger partial charge in [-0.3, -0.25) is 0 Å². The number of terminal acetylenes is 1. The van der Waals surface area contributed by atoms with Crippen LogP contribution in [0.5, 0.6) is 0 Å². The third kappa shape index (κ3) is 1.96. The molecule has 5 heteroatoms. The van der Waals surface area contributed by atoms with Crippen molar-refractivity contribution in [3.8, 4) is 12.3 Å². The third-order valence-corrected chi connectivity index (χ3v) is 2.96. The van der Waals surface area contributed by atoms with Gasteiger partial charge in [-0.15, -0.1) is 16.6 Å². The second-order valence-electron chi connectivity index (χ2n) is 2.29. The Morgan fingerprint density at radius 3 is 2.75 bits per heavy atom. The fourth-order valence-corrected chi connectivity index (χ4v) is 1.75. The number of hydrogen-bond acceptors (Lipinski definition) is 4. The molecule has 3 nitrogen and oxygen atoms in total. The lowest BCUT2D eigenvalue weighted by Crippen LogP contribution is -2.26. The molecule has 0 aliphatic rings. The summed E-state index contributed by atoms with van der Waals surface area (Å²) in [5, 5.41) is 8.59. The Bertz CT molecular complexity index is 304. The molecule has 1 unspecified atom stereocenters. The van der Waals surface area contributed by atoms with Crippen molar-refractivity contribution in [1.29, 1.82) is 0 Å². The first-order chi connectivity index (χ1) is 5.65. The standard InChI is InChI=1S/C7H8BrN3S/c1-4-5(2)11(3)7-10-9-6(8)12-7/h1,5H,2-3H3. The molecule has 0 aliphatic carbocycles. The molecule has 0 saturated carbocycles. The molecule has 1 rings (SSSR count). The smallest absolute Gasteiger partial charge is 0.209 e. The van der Waals surface area contributed by atoms with Gasteiger partial charge in [0, 0.05) is 7.05 Å². The van der Waals surface area contributed by atoms with Gasteiger partial charge in [-0.25, -0.2) is 0 Å². The van der Waals surface area contributed by atoms with Crippen molar-refractivity contribution in [2.75, 3.05) is 11.9 Å². The predicted molar refractivity (Wildman–Crippen MR) is 54.3 cm³/mol. The zero-order chi connectivity index (χ0) is 9.14. The molecule has 0 bridgehead atoms. The molecule has 0 saturated heterocycles. The molecule has 0 spiro atoms. The number of halogens is 1. The van der Waals surface area contributed by atoms with Crippen molar-refractivity contribution in [2.45, 2.75) is 13.0 Å². The minimum absolute atomic E-state index is 0.0462. The van der Waals surface area contributed by atoms with Crippen molar-refractivity contribution in [1.82, 2.24) is 10.2 Å². The average molecular weight is 246 g/mol. The molecule has 0 N–H and O–H groups in total. The molecular weight excluding hydrogens is 238 g/mol. The highest BCUT2D eigenvalue weighted by Gasteiger charge is 2.11. The van der Waals surface area contributed by atoms with E-state index >= 15 is 0 Å². The van der Waals surface area contributed by atoms with Gasteiger partial charge >= 0.3 is 0 Å². The maximum Gasteiger partial charge on any atom is 0.209 e. The topological polar surface area (TPSA) is 29.0 Å². The predicted octanol–water partition coefficient (Wildman–Crippen LogP) is 1.76. The van der Waals surface area contributed by atoms with Gasteiger partial charge in [-0.05, 0) is 22.9 Å². The summed E-state index contributed by atoms with van der Waals surface area (Å²) < 4.78 is 0.772. The van der Waals surface area contributed by atoms with Crippen LogP contribution in [0.15, 0.2) is 3.92 Å². The van der Waals surface area contributed by atoms with E-state index in [0.29, 0.717) is 0 Å². The van der Waals surface area contributed by atoms with Gasteiger partial charge in [0.15, 0.2) is 3.92 Å². The Morgan fingerprint density at radius 2 is 2.33 bits per heavy atom. The molecular formula is C7H8BrN3S. The Labute approximate surface area is 83.9 Å². The minimum atomic E-state index is 0.0462. The lowest BCUT2D eigenvalue weighted by atomic mass is 10.3. The fraction of sp³-hybridized carbons (Fsp3) is 0.429. The van der Waals surface area contributed by atoms with E-state index in [9.17, 15) is 0 Å². The van der Waals surface area contributed by atoms with Crippen LogP contribution in [0.3, 0.4) is 0 Å². The van der Waals surface area contributed by atoms with E-state index in [-0.39, 0.29) is 6.04 Å². The van der Waals surface area contributed by atoms with Crippen LogP contribution < -0.4 is 4.90 Å². The molecule has 1 aromatic heterocycles. The summed E-state index contributed by atoms with van der Waals surface area (Å²) in [5.74, 6) is 2.62. The number of anilines is 1. The zero-order valence-corrected chi connectivity index (χ0v) is 9.19. The Balaban J connectivity index is 2.79. The first kappa shape index (κ1) is 9.49. The molecule has 0 amide bonds. The van der Waals surface area contributed by atoms with Crippen LogP contribution in [0.4, 0.5) is 5.13 Å². The quantitative estimate of drug-likeness (QED) is 0.744. The van der Waals surface area contributed by atoms with E-state index in [4.69, 9.17) is 6.42 Å². The highest BCUT2D eigenvalue weighted by atomic mass is 79.9. The highest BCUT2D eigenvalue weighted by molar-refractivity contribution is 9.11. The summed E-state index contributed by atoms with van der Waals surface area (Å²) in [6.45, 7) is 1.94. The fourth-order valence-electron chi connectivity index (χ4n) is 0.618. The van der Waals surface area contributed by atoms with Gasteiger partial charge in [0.05, 0.1) is 6.04 Å². The molecule has 64 valence electrons. The largest absolute Gasteiger partial charge is 0.336 e. The number of hydrogen-bond donors (Lipinski definition) is 0. The summed E-state index contributed by atoms with van der Waals surface area (Å²) in [7, 11) is 1.90. The summed E-state index contributed by atoms with van der Waals surface area (Å²) in [6, 6.07) is 0.0462. The molecule has 1 heterocycles. The molecule has 1 aromatic rings. The maximum atomic E-state index is 5.27. The average Bonchev–Trinajstić information content (AvgIpc) is 2.49. The van der Waals surface area contributed by atoms with Gasteiger partial charge in [-0.1, -0.05) is 17.3 Å². The van der Waals surface area contributed by atoms with Gasteiger partial charge in [0.25, 0.3) is 0 Å². The second-order valence-corrected chi connectivity index (χ2v) is 4.52. The molecule has 0 aromatic carbocycles. The normalized spacial score (nSPS) is 12.2. The van der Waals surface area contributed by atoms with Crippen molar-refractivity contribution in [3.05, 3.63) is 3.92 Å². The highest BCUT2D eigenvalue weighted by Crippen LogP contribution is 2.23. The third-order valence-electron chi connectivity index (χ3n) is 1.51. The van der Waals surface area contributed by atoms with Crippen molar-refractivity contribution >= 4 is 32.4 Å². The molecule has 0 aliphatic heterocycles. The first-order valence-corrected chi connectivity index (χ1v) is 4.94. The van der Waals surface area contributed by atoms with Crippen molar-refractivity contribution in [3.63, 3.8) is 0 Å². The van der Waals surface area contributed by atoms with E-state index in [1.165, 1.54) is 11.3 Å². The summed E-state index contributed by atoms with van der Waals surface area (Å²) >= 11 is 4.70. The number of aromatic nitrogens is 2. The van der Waals surface area contributed by atoms with Crippen LogP contribution in [-0.2, 0) is 0 Å². The monoisotopic (exact) mass is 245 g/mol. The molecule has 1 atom stereocenters. The van der Waals surface area contributed by atoms with Crippen LogP contribution in [0.25, 0.3) is 0 Å².